The number of nitrogens with one attached hydrogen (secondary N) is 4. The maximum Gasteiger partial charge on any atom is 0.433 e. The van der Waals surface area contributed by atoms with Gasteiger partial charge in [-0.3, -0.25) is 4.99 Å². The van der Waals surface area contributed by atoms with Crippen LogP contribution in [0.15, 0.2) is 17.3 Å². The van der Waals surface area contributed by atoms with Gasteiger partial charge in [0.05, 0.1) is 5.54 Å². The molecule has 4 N–H and O–H groups in total. The summed E-state index contributed by atoms with van der Waals surface area (Å²) >= 11 is 0. The van der Waals surface area contributed by atoms with Crippen molar-refractivity contribution in [1.82, 2.24) is 25.9 Å². The van der Waals surface area contributed by atoms with E-state index >= 15 is 0 Å². The van der Waals surface area contributed by atoms with Crippen molar-refractivity contribution in [1.29, 1.82) is 0 Å². The molecule has 0 fully saturated rings. The number of ether oxygens (including phenoxy) is 1. The Morgan fingerprint density at radius 2 is 1.80 bits per heavy atom. The summed E-state index contributed by atoms with van der Waals surface area (Å²) in [6, 6.07) is 0.808. The normalized spacial score (nSPS) is 12.9. The summed E-state index contributed by atoms with van der Waals surface area (Å²) in [5.41, 5.74) is -2.23. The lowest BCUT2D eigenvalue weighted by molar-refractivity contribution is -0.141. The number of nitrogens with zero attached hydrogens (tertiary/aromatic N) is 3. The molecule has 0 unspecified atom stereocenters. The van der Waals surface area contributed by atoms with Crippen LogP contribution >= 0.6 is 0 Å². The fraction of sp³-hybridized carbons (Fsp3) is 0.667. The Balaban J connectivity index is 2.42. The van der Waals surface area contributed by atoms with Crippen LogP contribution in [0.1, 0.15) is 40.3 Å². The van der Waals surface area contributed by atoms with E-state index in [9.17, 15) is 18.0 Å². The second-order valence-electron chi connectivity index (χ2n) is 8.05. The van der Waals surface area contributed by atoms with Gasteiger partial charge in [-0.15, -0.1) is 0 Å². The van der Waals surface area contributed by atoms with E-state index < -0.39 is 29.1 Å². The fourth-order valence-electron chi connectivity index (χ4n) is 2.11. The van der Waals surface area contributed by atoms with E-state index in [1.165, 1.54) is 0 Å². The van der Waals surface area contributed by atoms with Crippen molar-refractivity contribution in [2.75, 3.05) is 32.0 Å². The van der Waals surface area contributed by atoms with Gasteiger partial charge in [-0.2, -0.15) is 13.2 Å². The van der Waals surface area contributed by atoms with E-state index in [4.69, 9.17) is 4.74 Å². The molecule has 1 heterocycles. The number of alkyl carbamates (subject to hydrolysis) is 1. The van der Waals surface area contributed by atoms with Gasteiger partial charge < -0.3 is 26.0 Å². The van der Waals surface area contributed by atoms with Crippen molar-refractivity contribution >= 4 is 18.0 Å². The quantitative estimate of drug-likeness (QED) is 0.297. The van der Waals surface area contributed by atoms with Gasteiger partial charge in [0.1, 0.15) is 11.3 Å². The lowest BCUT2D eigenvalue weighted by Gasteiger charge is -2.29. The highest BCUT2D eigenvalue weighted by atomic mass is 19.4. The number of halogens is 3. The second-order valence-corrected chi connectivity index (χ2v) is 8.05. The molecule has 1 rings (SSSR count). The lowest BCUT2D eigenvalue weighted by Crippen LogP contribution is -2.54. The molecule has 0 atom stereocenters. The second kappa shape index (κ2) is 10.3. The molecule has 0 bridgehead atoms. The van der Waals surface area contributed by atoms with Gasteiger partial charge in [0.25, 0.3) is 0 Å². The Kier molecular flexibility index (Phi) is 8.67. The number of aromatic nitrogens is 2. The number of hydrogen-bond donors (Lipinski definition) is 4. The van der Waals surface area contributed by atoms with Crippen molar-refractivity contribution in [2.24, 2.45) is 4.99 Å². The summed E-state index contributed by atoms with van der Waals surface area (Å²) in [5, 5.41) is 11.6. The average molecular weight is 433 g/mol. The molecule has 0 aliphatic heterocycles. The zero-order valence-corrected chi connectivity index (χ0v) is 18.1. The minimum Gasteiger partial charge on any atom is -0.444 e. The fourth-order valence-corrected chi connectivity index (χ4v) is 2.11. The molecule has 0 saturated carbocycles. The number of alkyl halides is 3. The third-order valence-corrected chi connectivity index (χ3v) is 3.41. The Morgan fingerprint density at radius 3 is 2.37 bits per heavy atom. The first-order chi connectivity index (χ1) is 13.7. The van der Waals surface area contributed by atoms with Crippen LogP contribution in [0.3, 0.4) is 0 Å². The Labute approximate surface area is 174 Å². The molecule has 1 amide bonds. The molecule has 9 nitrogen and oxygen atoms in total. The summed E-state index contributed by atoms with van der Waals surface area (Å²) < 4.78 is 43.2. The third-order valence-electron chi connectivity index (χ3n) is 3.41. The monoisotopic (exact) mass is 433 g/mol. The van der Waals surface area contributed by atoms with Crippen molar-refractivity contribution in [3.63, 3.8) is 0 Å². The van der Waals surface area contributed by atoms with Crippen LogP contribution in [-0.2, 0) is 10.9 Å². The van der Waals surface area contributed by atoms with Gasteiger partial charge in [0, 0.05) is 32.9 Å². The van der Waals surface area contributed by atoms with E-state index in [0.717, 1.165) is 12.3 Å². The van der Waals surface area contributed by atoms with Crippen molar-refractivity contribution in [2.45, 2.75) is 51.9 Å². The van der Waals surface area contributed by atoms with Crippen LogP contribution in [0.4, 0.5) is 23.9 Å². The molecule has 0 spiro atoms. The molecule has 0 aliphatic carbocycles. The van der Waals surface area contributed by atoms with Crippen LogP contribution in [0, 0.1) is 0 Å². The topological polar surface area (TPSA) is 113 Å². The minimum absolute atomic E-state index is 0.114. The largest absolute Gasteiger partial charge is 0.444 e. The number of carbonyl (C=O) groups excluding carboxylic acids is 1. The molecule has 0 aromatic carbocycles. The molecular formula is C18H30F3N7O2. The first-order valence-electron chi connectivity index (χ1n) is 9.32. The molecule has 12 heteroatoms. The van der Waals surface area contributed by atoms with Crippen LogP contribution in [0.2, 0.25) is 0 Å². The van der Waals surface area contributed by atoms with Crippen LogP contribution < -0.4 is 21.3 Å². The summed E-state index contributed by atoms with van der Waals surface area (Å²) in [6.45, 7) is 9.95. The number of guanidine groups is 1. The molecule has 1 aromatic rings. The predicted molar refractivity (Wildman–Crippen MR) is 108 cm³/mol. The summed E-state index contributed by atoms with van der Waals surface area (Å²) in [7, 11) is 1.58. The zero-order valence-electron chi connectivity index (χ0n) is 18.1. The maximum atomic E-state index is 12.7. The van der Waals surface area contributed by atoms with E-state index in [0.29, 0.717) is 19.0 Å². The molecule has 1 aromatic heterocycles. The molecule has 0 radical (unpaired) electrons. The highest BCUT2D eigenvalue weighted by Crippen LogP contribution is 2.27. The van der Waals surface area contributed by atoms with Crippen molar-refractivity contribution in [3.05, 3.63) is 18.0 Å². The number of anilines is 1. The summed E-state index contributed by atoms with van der Waals surface area (Å²) in [6.07, 6.45) is -4.00. The molecule has 30 heavy (non-hydrogen) atoms. The number of carbonyl (C=O) groups is 1. The van der Waals surface area contributed by atoms with Gasteiger partial charge in [-0.25, -0.2) is 14.8 Å². The van der Waals surface area contributed by atoms with Crippen LogP contribution in [0.5, 0.6) is 0 Å². The van der Waals surface area contributed by atoms with E-state index in [-0.39, 0.29) is 12.5 Å². The van der Waals surface area contributed by atoms with E-state index in [1.54, 1.807) is 27.8 Å². The number of rotatable bonds is 7. The lowest BCUT2D eigenvalue weighted by atomic mass is 10.1. The smallest absolute Gasteiger partial charge is 0.433 e. The number of amides is 1. The van der Waals surface area contributed by atoms with Crippen LogP contribution in [0.25, 0.3) is 0 Å². The van der Waals surface area contributed by atoms with Gasteiger partial charge in [-0.05, 0) is 40.7 Å². The zero-order chi connectivity index (χ0) is 23.0. The number of hydrogen-bond acceptors (Lipinski definition) is 6. The van der Waals surface area contributed by atoms with Crippen molar-refractivity contribution < 1.29 is 22.7 Å². The van der Waals surface area contributed by atoms with Gasteiger partial charge in [-0.1, -0.05) is 0 Å². The Bertz CT molecular complexity index is 731. The molecule has 170 valence electrons. The standard InChI is InChI=1S/C18H30F3N7O2/c1-16(2,3)30-15(29)28-17(4,5)11-26-13(22-6)24-9-10-25-14-23-8-7-12(27-14)18(19,20)21/h7-8H,9-11H2,1-6H3,(H,28,29)(H2,22,24,26)(H,23,25,27). The predicted octanol–water partition coefficient (Wildman–Crippen LogP) is 2.38. The Morgan fingerprint density at radius 1 is 1.13 bits per heavy atom. The summed E-state index contributed by atoms with van der Waals surface area (Å²) in [4.78, 5) is 23.2. The first-order valence-corrected chi connectivity index (χ1v) is 9.32. The highest BCUT2D eigenvalue weighted by Gasteiger charge is 2.32. The first kappa shape index (κ1) is 25.2. The summed E-state index contributed by atoms with van der Waals surface area (Å²) in [5.74, 6) is 0.345. The molecule has 0 saturated heterocycles. The van der Waals surface area contributed by atoms with E-state index in [1.807, 2.05) is 13.8 Å². The maximum absolute atomic E-state index is 12.7. The third kappa shape index (κ3) is 10.1. The average Bonchev–Trinajstić information content (AvgIpc) is 2.58. The minimum atomic E-state index is -4.52. The van der Waals surface area contributed by atoms with Crippen LogP contribution in [-0.4, -0.2) is 59.8 Å². The van der Waals surface area contributed by atoms with E-state index in [2.05, 4.69) is 36.2 Å². The Hall–Kier alpha value is -2.79. The highest BCUT2D eigenvalue weighted by molar-refractivity contribution is 5.79. The van der Waals surface area contributed by atoms with Gasteiger partial charge in [0.15, 0.2) is 5.96 Å². The van der Waals surface area contributed by atoms with Crippen molar-refractivity contribution in [3.8, 4) is 0 Å². The van der Waals surface area contributed by atoms with Gasteiger partial charge >= 0.3 is 12.3 Å². The molecule has 0 aliphatic rings. The molecular weight excluding hydrogens is 403 g/mol. The van der Waals surface area contributed by atoms with Gasteiger partial charge in [0.2, 0.25) is 5.95 Å². The SMILES string of the molecule is CN=C(NCCNc1nccc(C(F)(F)F)n1)NCC(C)(C)NC(=O)OC(C)(C)C. The number of aliphatic imine (C=N–C) groups is 1.